The molecular formula is C50H66N4O13. The molecule has 4 heterocycles. The Kier molecular flexibility index (Phi) is 16.8. The topological polar surface area (TPSA) is 225 Å². The third-order valence-electron chi connectivity index (χ3n) is 11.5. The van der Waals surface area contributed by atoms with E-state index in [2.05, 4.69) is 10.6 Å². The molecule has 0 saturated carbocycles. The lowest BCUT2D eigenvalue weighted by atomic mass is 9.85. The fourth-order valence-corrected chi connectivity index (χ4v) is 8.22. The number of cyclic esters (lactones) is 1. The second-order valence-electron chi connectivity index (χ2n) is 19.1. The van der Waals surface area contributed by atoms with Crippen molar-refractivity contribution >= 4 is 52.6 Å². The minimum Gasteiger partial charge on any atom is -0.458 e. The lowest BCUT2D eigenvalue weighted by molar-refractivity contribution is -0.189. The van der Waals surface area contributed by atoms with Crippen molar-refractivity contribution in [1.82, 2.24) is 20.2 Å². The highest BCUT2D eigenvalue weighted by atomic mass is 16.6. The Morgan fingerprint density at radius 1 is 0.776 bits per heavy atom. The van der Waals surface area contributed by atoms with Gasteiger partial charge in [-0.1, -0.05) is 53.4 Å². The number of esters is 5. The van der Waals surface area contributed by atoms with Crippen molar-refractivity contribution in [3.63, 3.8) is 0 Å². The Labute approximate surface area is 391 Å². The minimum atomic E-state index is -1.99. The third-order valence-corrected chi connectivity index (χ3v) is 11.5. The zero-order valence-electron chi connectivity index (χ0n) is 40.6. The van der Waals surface area contributed by atoms with Crippen LogP contribution in [0.1, 0.15) is 162 Å². The number of hydrogen-bond donors (Lipinski definition) is 2. The fraction of sp³-hybridized carbons (Fsp3) is 0.580. The Morgan fingerprint density at radius 2 is 1.34 bits per heavy atom. The van der Waals surface area contributed by atoms with Crippen molar-refractivity contribution in [3.8, 4) is 17.1 Å². The smallest absolute Gasteiger partial charge is 0.355 e. The summed E-state index contributed by atoms with van der Waals surface area (Å²) in [7, 11) is 0. The van der Waals surface area contributed by atoms with E-state index in [1.165, 1.54) is 0 Å². The number of nitrogens with zero attached hydrogens (tertiary/aromatic N) is 2. The van der Waals surface area contributed by atoms with Gasteiger partial charge in [0, 0.05) is 29.4 Å². The summed E-state index contributed by atoms with van der Waals surface area (Å²) >= 11 is 0. The largest absolute Gasteiger partial charge is 0.458 e. The zero-order chi connectivity index (χ0) is 49.4. The Bertz CT molecular complexity index is 2460. The highest BCUT2D eigenvalue weighted by Crippen LogP contribution is 2.42. The molecule has 17 heteroatoms. The van der Waals surface area contributed by atoms with Crippen molar-refractivity contribution in [2.75, 3.05) is 0 Å². The van der Waals surface area contributed by atoms with Gasteiger partial charge in [-0.05, 0) is 97.1 Å². The van der Waals surface area contributed by atoms with Crippen LogP contribution in [0.3, 0.4) is 0 Å². The van der Waals surface area contributed by atoms with Crippen LogP contribution in [0.15, 0.2) is 29.1 Å². The predicted octanol–water partition coefficient (Wildman–Crippen LogP) is 6.69. The molecule has 3 unspecified atom stereocenters. The first-order valence-electron chi connectivity index (χ1n) is 23.4. The van der Waals surface area contributed by atoms with Gasteiger partial charge >= 0.3 is 29.8 Å². The molecule has 0 saturated heterocycles. The summed E-state index contributed by atoms with van der Waals surface area (Å²) < 4.78 is 29.6. The molecule has 67 heavy (non-hydrogen) atoms. The molecule has 2 aliphatic rings. The highest BCUT2D eigenvalue weighted by Gasteiger charge is 2.50. The van der Waals surface area contributed by atoms with Crippen LogP contribution in [0.5, 0.6) is 5.75 Å². The molecule has 3 atom stereocenters. The van der Waals surface area contributed by atoms with Gasteiger partial charge in [-0.2, -0.15) is 0 Å². The van der Waals surface area contributed by atoms with Gasteiger partial charge < -0.3 is 38.9 Å². The minimum absolute atomic E-state index is 0.0760. The molecule has 2 N–H and O–H groups in total. The monoisotopic (exact) mass is 930 g/mol. The first kappa shape index (κ1) is 51.8. The van der Waals surface area contributed by atoms with Gasteiger partial charge in [-0.15, -0.1) is 0 Å². The molecule has 0 aliphatic carbocycles. The molecule has 0 radical (unpaired) electrons. The van der Waals surface area contributed by atoms with Crippen LogP contribution < -0.4 is 20.9 Å². The maximum absolute atomic E-state index is 14.3. The van der Waals surface area contributed by atoms with E-state index in [-0.39, 0.29) is 55.7 Å². The van der Waals surface area contributed by atoms with E-state index in [9.17, 15) is 38.4 Å². The predicted molar refractivity (Wildman–Crippen MR) is 246 cm³/mol. The van der Waals surface area contributed by atoms with Crippen molar-refractivity contribution < 1.29 is 57.2 Å². The molecule has 2 aromatic heterocycles. The number of rotatable bonds is 20. The Balaban J connectivity index is 1.33. The lowest BCUT2D eigenvalue weighted by Crippen LogP contribution is -2.47. The number of hydrogen-bond acceptors (Lipinski definition) is 14. The standard InChI is InChI=1S/C50H66N4O13/c1-11-15-17-36(45(60)66-48(5,6)7)51-39(55)21-23-41(57)64-29-19-20-35-31(25-29)30(13-3)32-27-54-38(43(32)53-35)26-34-33(44(54)59)28-63-47(62)50(34,14-4)65-42(58)24-22-40(56)52-37(18-16-12-2)46(61)67-49(8,9)10/h19-20,25-26,36-37H,11-18,21-24,27-28H2,1-10H3,(H,51,55)(H,52,56). The molecule has 2 aliphatic heterocycles. The van der Waals surface area contributed by atoms with Crippen LogP contribution in [-0.4, -0.2) is 74.5 Å². The molecule has 2 amide bonds. The summed E-state index contributed by atoms with van der Waals surface area (Å²) in [5.74, 6) is -4.31. The highest BCUT2D eigenvalue weighted by molar-refractivity contribution is 5.92. The summed E-state index contributed by atoms with van der Waals surface area (Å²) in [6.07, 6.45) is 2.98. The molecule has 0 spiro atoms. The number of carbonyl (C=O) groups is 7. The van der Waals surface area contributed by atoms with Crippen LogP contribution in [0.4, 0.5) is 0 Å². The second kappa shape index (κ2) is 21.7. The lowest BCUT2D eigenvalue weighted by Gasteiger charge is -2.35. The molecule has 5 rings (SSSR count). The van der Waals surface area contributed by atoms with Gasteiger partial charge in [0.25, 0.3) is 5.56 Å². The van der Waals surface area contributed by atoms with Gasteiger partial charge in [0.1, 0.15) is 35.6 Å². The van der Waals surface area contributed by atoms with Crippen LogP contribution in [0.25, 0.3) is 22.3 Å². The quantitative estimate of drug-likeness (QED) is 0.0535. The van der Waals surface area contributed by atoms with Crippen molar-refractivity contribution in [3.05, 3.63) is 56.9 Å². The summed E-state index contributed by atoms with van der Waals surface area (Å²) in [5, 5.41) is 6.07. The molecule has 0 bridgehead atoms. The molecule has 3 aromatic rings. The van der Waals surface area contributed by atoms with E-state index in [0.717, 1.165) is 24.0 Å². The number of amides is 2. The number of pyridine rings is 2. The average molecular weight is 931 g/mol. The molecule has 1 aromatic carbocycles. The molecular weight excluding hydrogens is 865 g/mol. The summed E-state index contributed by atoms with van der Waals surface area (Å²) in [6, 6.07) is 4.87. The van der Waals surface area contributed by atoms with E-state index >= 15 is 0 Å². The summed E-state index contributed by atoms with van der Waals surface area (Å²) in [6.45, 7) is 17.8. The summed E-state index contributed by atoms with van der Waals surface area (Å²) in [4.78, 5) is 111. The number of carbonyl (C=O) groups excluding carboxylic acids is 7. The number of benzene rings is 1. The van der Waals surface area contributed by atoms with E-state index in [4.69, 9.17) is 28.7 Å². The van der Waals surface area contributed by atoms with Gasteiger partial charge in [-0.25, -0.2) is 19.4 Å². The van der Waals surface area contributed by atoms with E-state index in [1.54, 1.807) is 77.3 Å². The van der Waals surface area contributed by atoms with Crippen molar-refractivity contribution in [2.24, 2.45) is 0 Å². The average Bonchev–Trinajstić information content (AvgIpc) is 3.62. The first-order chi connectivity index (χ1) is 31.5. The number of ether oxygens (including phenoxy) is 5. The van der Waals surface area contributed by atoms with E-state index in [1.807, 2.05) is 20.8 Å². The van der Waals surface area contributed by atoms with Crippen molar-refractivity contribution in [1.29, 1.82) is 0 Å². The number of aryl methyl sites for hydroxylation is 1. The Morgan fingerprint density at radius 3 is 1.87 bits per heavy atom. The van der Waals surface area contributed by atoms with Crippen LogP contribution >= 0.6 is 0 Å². The van der Waals surface area contributed by atoms with E-state index < -0.39 is 82.5 Å². The maximum Gasteiger partial charge on any atom is 0.355 e. The van der Waals surface area contributed by atoms with E-state index in [0.29, 0.717) is 54.4 Å². The number of aromatic nitrogens is 2. The molecule has 364 valence electrons. The third kappa shape index (κ3) is 12.7. The molecule has 0 fully saturated rings. The van der Waals surface area contributed by atoms with Gasteiger partial charge in [0.05, 0.1) is 41.9 Å². The van der Waals surface area contributed by atoms with Gasteiger partial charge in [0.15, 0.2) is 0 Å². The van der Waals surface area contributed by atoms with Crippen LogP contribution in [0, 0.1) is 0 Å². The first-order valence-corrected chi connectivity index (χ1v) is 23.4. The van der Waals surface area contributed by atoms with Gasteiger partial charge in [-0.3, -0.25) is 24.0 Å². The Hall–Kier alpha value is -6.13. The fourth-order valence-electron chi connectivity index (χ4n) is 8.22. The zero-order valence-corrected chi connectivity index (χ0v) is 40.6. The second-order valence-corrected chi connectivity index (χ2v) is 19.1. The molecule has 17 nitrogen and oxygen atoms in total. The van der Waals surface area contributed by atoms with Gasteiger partial charge in [0.2, 0.25) is 17.4 Å². The number of fused-ring (bicyclic) bond motifs is 5. The maximum atomic E-state index is 14.3. The van der Waals surface area contributed by atoms with Crippen LogP contribution in [0.2, 0.25) is 0 Å². The SMILES string of the molecule is CCCCC(NC(=O)CCC(=O)Oc1ccc2nc3c(c(CC)c2c1)Cn1c-3cc2c(c1=O)COC(=O)C2(CC)OC(=O)CCC(=O)NC(CCCC)C(=O)OC(C)(C)C)C(=O)OC(C)(C)C. The number of unbranched alkanes of at least 4 members (excludes halogenated alkanes) is 2. The van der Waals surface area contributed by atoms with Crippen molar-refractivity contribution in [2.45, 2.75) is 188 Å². The summed E-state index contributed by atoms with van der Waals surface area (Å²) in [5.41, 5.74) is -0.546. The normalized spacial score (nSPS) is 16.1. The number of nitrogens with one attached hydrogen (secondary N) is 2. The van der Waals surface area contributed by atoms with Crippen LogP contribution in [-0.2, 0) is 77.7 Å².